The van der Waals surface area contributed by atoms with Crippen LogP contribution in [0.4, 0.5) is 22.0 Å². The van der Waals surface area contributed by atoms with Crippen molar-refractivity contribution in [2.75, 3.05) is 7.05 Å². The second kappa shape index (κ2) is 5.77. The molecule has 2 aromatic rings. The van der Waals surface area contributed by atoms with E-state index in [2.05, 4.69) is 10.3 Å². The third-order valence-corrected chi connectivity index (χ3v) is 2.98. The van der Waals surface area contributed by atoms with Gasteiger partial charge in [0.05, 0.1) is 17.3 Å². The summed E-state index contributed by atoms with van der Waals surface area (Å²) in [4.78, 5) is 3.84. The highest BCUT2D eigenvalue weighted by Crippen LogP contribution is 2.33. The van der Waals surface area contributed by atoms with Gasteiger partial charge in [0, 0.05) is 6.20 Å². The van der Waals surface area contributed by atoms with Crippen molar-refractivity contribution in [3.63, 3.8) is 0 Å². The zero-order valence-electron chi connectivity index (χ0n) is 10.9. The molecule has 0 aliphatic heterocycles. The lowest BCUT2D eigenvalue weighted by Crippen LogP contribution is -2.21. The number of halogens is 5. The smallest absolute Gasteiger partial charge is 0.308 e. The Balaban J connectivity index is 2.45. The highest BCUT2D eigenvalue weighted by atomic mass is 19.4. The molecule has 0 fully saturated rings. The molecule has 1 heterocycles. The zero-order chi connectivity index (χ0) is 15.6. The molecule has 0 radical (unpaired) electrons. The van der Waals surface area contributed by atoms with Crippen LogP contribution in [0.1, 0.15) is 22.9 Å². The average Bonchev–Trinajstić information content (AvgIpc) is 2.40. The van der Waals surface area contributed by atoms with Crippen LogP contribution in [-0.4, -0.2) is 12.0 Å². The Labute approximate surface area is 117 Å². The van der Waals surface area contributed by atoms with Crippen LogP contribution in [0.15, 0.2) is 36.5 Å². The number of aromatic nitrogens is 1. The van der Waals surface area contributed by atoms with Crippen LogP contribution in [0.25, 0.3) is 0 Å². The third kappa shape index (κ3) is 3.18. The predicted octanol–water partition coefficient (Wildman–Crippen LogP) is 3.69. The maximum atomic E-state index is 13.7. The standard InChI is InChI=1S/C14H11F5N2/c1-20-12(13-10(15)3-2-6-21-13)8-4-5-9(11(16)7-8)14(17,18)19/h2-7,12,20H,1H3. The molecule has 0 amide bonds. The largest absolute Gasteiger partial charge is 0.419 e. The summed E-state index contributed by atoms with van der Waals surface area (Å²) in [5.41, 5.74) is -1.22. The third-order valence-electron chi connectivity index (χ3n) is 2.98. The van der Waals surface area contributed by atoms with E-state index in [9.17, 15) is 22.0 Å². The molecule has 2 rings (SSSR count). The zero-order valence-corrected chi connectivity index (χ0v) is 10.9. The second-order valence-electron chi connectivity index (χ2n) is 4.33. The maximum absolute atomic E-state index is 13.7. The molecule has 0 spiro atoms. The van der Waals surface area contributed by atoms with E-state index in [4.69, 9.17) is 0 Å². The normalized spacial score (nSPS) is 13.2. The van der Waals surface area contributed by atoms with E-state index in [0.29, 0.717) is 6.07 Å². The molecule has 0 saturated heterocycles. The van der Waals surface area contributed by atoms with Gasteiger partial charge in [0.1, 0.15) is 11.6 Å². The van der Waals surface area contributed by atoms with E-state index >= 15 is 0 Å². The quantitative estimate of drug-likeness (QED) is 0.875. The van der Waals surface area contributed by atoms with Crippen LogP contribution in [-0.2, 0) is 6.18 Å². The van der Waals surface area contributed by atoms with Crippen molar-refractivity contribution >= 4 is 0 Å². The first-order valence-electron chi connectivity index (χ1n) is 5.99. The Kier molecular flexibility index (Phi) is 4.22. The molecule has 112 valence electrons. The number of hydrogen-bond donors (Lipinski definition) is 1. The second-order valence-corrected chi connectivity index (χ2v) is 4.33. The molecule has 2 nitrogen and oxygen atoms in total. The number of nitrogens with one attached hydrogen (secondary N) is 1. The van der Waals surface area contributed by atoms with E-state index in [-0.39, 0.29) is 11.3 Å². The summed E-state index contributed by atoms with van der Waals surface area (Å²) in [6.07, 6.45) is -3.42. The molecule has 0 aliphatic rings. The fourth-order valence-corrected chi connectivity index (χ4v) is 2.01. The number of alkyl halides is 3. The first kappa shape index (κ1) is 15.4. The van der Waals surface area contributed by atoms with Crippen molar-refractivity contribution in [1.29, 1.82) is 0 Å². The van der Waals surface area contributed by atoms with Crippen LogP contribution < -0.4 is 5.32 Å². The lowest BCUT2D eigenvalue weighted by atomic mass is 10.0. The van der Waals surface area contributed by atoms with E-state index < -0.39 is 29.4 Å². The van der Waals surface area contributed by atoms with Crippen molar-refractivity contribution in [3.8, 4) is 0 Å². The molecular weight excluding hydrogens is 291 g/mol. The van der Waals surface area contributed by atoms with Crippen LogP contribution in [0.5, 0.6) is 0 Å². The van der Waals surface area contributed by atoms with Gasteiger partial charge in [-0.1, -0.05) is 6.07 Å². The Morgan fingerprint density at radius 2 is 1.81 bits per heavy atom. The molecule has 1 N–H and O–H groups in total. The Hall–Kier alpha value is -2.02. The van der Waals surface area contributed by atoms with Gasteiger partial charge in [0.25, 0.3) is 0 Å². The van der Waals surface area contributed by atoms with E-state index in [1.807, 2.05) is 0 Å². The minimum absolute atomic E-state index is 0.0147. The summed E-state index contributed by atoms with van der Waals surface area (Å²) >= 11 is 0. The van der Waals surface area contributed by atoms with Crippen molar-refractivity contribution in [2.24, 2.45) is 0 Å². The van der Waals surface area contributed by atoms with E-state index in [1.165, 1.54) is 25.4 Å². The molecule has 0 aliphatic carbocycles. The van der Waals surface area contributed by atoms with Gasteiger partial charge < -0.3 is 5.32 Å². The number of rotatable bonds is 3. The average molecular weight is 302 g/mol. The molecule has 7 heteroatoms. The predicted molar refractivity (Wildman–Crippen MR) is 66.5 cm³/mol. The lowest BCUT2D eigenvalue weighted by Gasteiger charge is -2.18. The SMILES string of the molecule is CNC(c1ccc(C(F)(F)F)c(F)c1)c1ncccc1F. The van der Waals surface area contributed by atoms with Crippen molar-refractivity contribution in [1.82, 2.24) is 10.3 Å². The molecule has 1 atom stereocenters. The van der Waals surface area contributed by atoms with Crippen molar-refractivity contribution < 1.29 is 22.0 Å². The molecule has 1 aromatic carbocycles. The first-order chi connectivity index (χ1) is 9.84. The van der Waals surface area contributed by atoms with Crippen molar-refractivity contribution in [3.05, 3.63) is 65.0 Å². The summed E-state index contributed by atoms with van der Waals surface area (Å²) in [6, 6.07) is 4.18. The van der Waals surface area contributed by atoms with Crippen LogP contribution in [0.2, 0.25) is 0 Å². The van der Waals surface area contributed by atoms with Gasteiger partial charge in [-0.2, -0.15) is 13.2 Å². The number of nitrogens with zero attached hydrogens (tertiary/aromatic N) is 1. The Morgan fingerprint density at radius 1 is 1.10 bits per heavy atom. The monoisotopic (exact) mass is 302 g/mol. The van der Waals surface area contributed by atoms with Gasteiger partial charge in [-0.15, -0.1) is 0 Å². The summed E-state index contributed by atoms with van der Waals surface area (Å²) < 4.78 is 64.9. The molecular formula is C14H11F5N2. The Morgan fingerprint density at radius 3 is 2.33 bits per heavy atom. The van der Waals surface area contributed by atoms with Gasteiger partial charge in [0.15, 0.2) is 0 Å². The fourth-order valence-electron chi connectivity index (χ4n) is 2.01. The summed E-state index contributed by atoms with van der Waals surface area (Å²) in [7, 11) is 1.48. The van der Waals surface area contributed by atoms with Gasteiger partial charge in [-0.3, -0.25) is 4.98 Å². The molecule has 1 unspecified atom stereocenters. The summed E-state index contributed by atoms with van der Waals surface area (Å²) in [5, 5.41) is 2.71. The van der Waals surface area contributed by atoms with Gasteiger partial charge >= 0.3 is 6.18 Å². The van der Waals surface area contributed by atoms with Crippen molar-refractivity contribution in [2.45, 2.75) is 12.2 Å². The molecule has 0 saturated carbocycles. The van der Waals surface area contributed by atoms with Gasteiger partial charge in [-0.05, 0) is 36.9 Å². The van der Waals surface area contributed by atoms with E-state index in [0.717, 1.165) is 12.1 Å². The molecule has 1 aromatic heterocycles. The van der Waals surface area contributed by atoms with Crippen LogP contribution in [0.3, 0.4) is 0 Å². The summed E-state index contributed by atoms with van der Waals surface area (Å²) in [6.45, 7) is 0. The minimum Gasteiger partial charge on any atom is -0.308 e. The maximum Gasteiger partial charge on any atom is 0.419 e. The van der Waals surface area contributed by atoms with Gasteiger partial charge in [0.2, 0.25) is 0 Å². The molecule has 0 bridgehead atoms. The first-order valence-corrected chi connectivity index (χ1v) is 5.99. The molecule has 21 heavy (non-hydrogen) atoms. The minimum atomic E-state index is -4.77. The van der Waals surface area contributed by atoms with Gasteiger partial charge in [-0.25, -0.2) is 8.78 Å². The van der Waals surface area contributed by atoms with Crippen LogP contribution >= 0.6 is 0 Å². The van der Waals surface area contributed by atoms with E-state index in [1.54, 1.807) is 0 Å². The Bertz CT molecular complexity index is 640. The summed E-state index contributed by atoms with van der Waals surface area (Å²) in [5.74, 6) is -2.03. The van der Waals surface area contributed by atoms with Crippen LogP contribution in [0, 0.1) is 11.6 Å². The topological polar surface area (TPSA) is 24.9 Å². The number of hydrogen-bond acceptors (Lipinski definition) is 2. The number of benzene rings is 1. The highest BCUT2D eigenvalue weighted by Gasteiger charge is 2.34. The number of pyridine rings is 1. The highest BCUT2D eigenvalue weighted by molar-refractivity contribution is 5.33. The lowest BCUT2D eigenvalue weighted by molar-refractivity contribution is -0.140. The fraction of sp³-hybridized carbons (Fsp3) is 0.214.